The molecule has 1 aromatic rings. The molecule has 1 N–H and O–H groups in total. The lowest BCUT2D eigenvalue weighted by Crippen LogP contribution is -2.45. The first kappa shape index (κ1) is 18.5. The molecule has 7 nitrogen and oxygen atoms in total. The van der Waals surface area contributed by atoms with E-state index >= 15 is 0 Å². The van der Waals surface area contributed by atoms with Crippen molar-refractivity contribution in [1.29, 1.82) is 0 Å². The monoisotopic (exact) mass is 394 g/mol. The van der Waals surface area contributed by atoms with Gasteiger partial charge in [0.1, 0.15) is 24.1 Å². The summed E-state index contributed by atoms with van der Waals surface area (Å²) in [6.07, 6.45) is 0.819. The Morgan fingerprint density at radius 2 is 2.19 bits per heavy atom. The van der Waals surface area contributed by atoms with E-state index in [1.165, 1.54) is 34.8 Å². The maximum atomic E-state index is 13.0. The number of nitrogens with one attached hydrogen (secondary N) is 1. The predicted octanol–water partition coefficient (Wildman–Crippen LogP) is 2.94. The van der Waals surface area contributed by atoms with Crippen LogP contribution in [0.15, 0.2) is 42.0 Å². The Balaban J connectivity index is 1.90. The molecule has 0 spiro atoms. The third kappa shape index (κ3) is 3.36. The van der Waals surface area contributed by atoms with Crippen LogP contribution in [0.2, 0.25) is 0 Å². The number of nitrogens with zero attached hydrogens (tertiary/aromatic N) is 1. The normalized spacial score (nSPS) is 21.1. The van der Waals surface area contributed by atoms with Crippen LogP contribution in [-0.2, 0) is 9.53 Å². The molecule has 0 bridgehead atoms. The van der Waals surface area contributed by atoms with Crippen LogP contribution >= 0.6 is 21.6 Å². The van der Waals surface area contributed by atoms with E-state index in [9.17, 15) is 9.59 Å². The molecule has 1 fully saturated rings. The van der Waals surface area contributed by atoms with Gasteiger partial charge in [-0.1, -0.05) is 34.2 Å². The second-order valence-corrected chi connectivity index (χ2v) is 7.66. The lowest BCUT2D eigenvalue weighted by atomic mass is 10.2. The molecule has 0 saturated carbocycles. The molecule has 2 aliphatic rings. The summed E-state index contributed by atoms with van der Waals surface area (Å²) >= 11 is 0. The molecule has 1 aromatic carbocycles. The third-order valence-corrected chi connectivity index (χ3v) is 6.31. The molecular formula is C17H18N2O5S2. The van der Waals surface area contributed by atoms with Crippen LogP contribution < -0.4 is 19.7 Å². The number of methoxy groups -OCH3 is 2. The second-order valence-electron chi connectivity index (χ2n) is 5.38. The van der Waals surface area contributed by atoms with Gasteiger partial charge in [-0.15, -0.1) is 0 Å². The smallest absolute Gasteiger partial charge is 0.408 e. The number of hydrogen-bond acceptors (Lipinski definition) is 7. The highest BCUT2D eigenvalue weighted by Gasteiger charge is 2.49. The maximum absolute atomic E-state index is 13.0. The van der Waals surface area contributed by atoms with E-state index in [0.717, 1.165) is 5.70 Å². The molecule has 0 aliphatic carbocycles. The number of fused-ring (bicyclic) bond motifs is 1. The Hall–Kier alpha value is -2.26. The van der Waals surface area contributed by atoms with Gasteiger partial charge in [0.05, 0.1) is 25.2 Å². The number of rotatable bonds is 6. The highest BCUT2D eigenvalue weighted by molar-refractivity contribution is 8.78. The lowest BCUT2D eigenvalue weighted by Gasteiger charge is -2.21. The molecule has 2 atom stereocenters. The summed E-state index contributed by atoms with van der Waals surface area (Å²) in [5.41, 5.74) is 1.41. The highest BCUT2D eigenvalue weighted by atomic mass is 33.1. The van der Waals surface area contributed by atoms with Crippen LogP contribution in [-0.4, -0.2) is 44.1 Å². The Bertz CT molecular complexity index is 768. The van der Waals surface area contributed by atoms with E-state index < -0.39 is 12.1 Å². The van der Waals surface area contributed by atoms with Crippen molar-refractivity contribution in [1.82, 2.24) is 5.32 Å². The summed E-state index contributed by atoms with van der Waals surface area (Å²) in [5.74, 6) is 0.892. The summed E-state index contributed by atoms with van der Waals surface area (Å²) < 4.78 is 15.6. The standard InChI is InChI=1S/C17H18N2O5S2/c1-4-7-24-17(21)18-14-15-12(9-25-26-15)19(16(14)20)11-6-5-10(22-2)8-13(11)23-3/h4-6,8-9,14-15H,1,7H2,2-3H3,(H,18,21). The van der Waals surface area contributed by atoms with Gasteiger partial charge in [0.25, 0.3) is 5.91 Å². The second kappa shape index (κ2) is 7.96. The Morgan fingerprint density at radius 3 is 2.88 bits per heavy atom. The van der Waals surface area contributed by atoms with Gasteiger partial charge >= 0.3 is 6.09 Å². The summed E-state index contributed by atoms with van der Waals surface area (Å²) in [7, 11) is 6.13. The number of hydrogen-bond donors (Lipinski definition) is 1. The molecule has 1 saturated heterocycles. The van der Waals surface area contributed by atoms with Crippen LogP contribution in [0.4, 0.5) is 10.5 Å². The molecule has 2 unspecified atom stereocenters. The van der Waals surface area contributed by atoms with Crippen molar-refractivity contribution in [2.45, 2.75) is 11.3 Å². The summed E-state index contributed by atoms with van der Waals surface area (Å²) in [6.45, 7) is 3.58. The van der Waals surface area contributed by atoms with Gasteiger partial charge < -0.3 is 19.5 Å². The zero-order valence-electron chi connectivity index (χ0n) is 14.3. The minimum Gasteiger partial charge on any atom is -0.497 e. The van der Waals surface area contributed by atoms with Crippen molar-refractivity contribution >= 4 is 39.3 Å². The average molecular weight is 394 g/mol. The van der Waals surface area contributed by atoms with Gasteiger partial charge in [-0.3, -0.25) is 9.69 Å². The number of anilines is 1. The zero-order valence-corrected chi connectivity index (χ0v) is 15.9. The van der Waals surface area contributed by atoms with E-state index in [2.05, 4.69) is 11.9 Å². The van der Waals surface area contributed by atoms with E-state index in [4.69, 9.17) is 14.2 Å². The first-order valence-corrected chi connectivity index (χ1v) is 10.0. The summed E-state index contributed by atoms with van der Waals surface area (Å²) in [5, 5.41) is 4.37. The van der Waals surface area contributed by atoms with Crippen LogP contribution in [0.3, 0.4) is 0 Å². The summed E-state index contributed by atoms with van der Waals surface area (Å²) in [4.78, 5) is 26.5. The number of ether oxygens (including phenoxy) is 3. The fourth-order valence-electron chi connectivity index (χ4n) is 2.72. The van der Waals surface area contributed by atoms with Gasteiger partial charge in [0, 0.05) is 17.2 Å². The van der Waals surface area contributed by atoms with Crippen LogP contribution in [0.5, 0.6) is 11.5 Å². The van der Waals surface area contributed by atoms with Crippen molar-refractivity contribution in [3.05, 3.63) is 42.0 Å². The van der Waals surface area contributed by atoms with E-state index in [1.807, 2.05) is 5.41 Å². The number of carbonyl (C=O) groups excluding carboxylic acids is 2. The van der Waals surface area contributed by atoms with Gasteiger partial charge in [0.15, 0.2) is 0 Å². The number of carbonyl (C=O) groups is 2. The van der Waals surface area contributed by atoms with Crippen molar-refractivity contribution in [3.8, 4) is 11.5 Å². The number of amides is 2. The summed E-state index contributed by atoms with van der Waals surface area (Å²) in [6, 6.07) is 4.52. The average Bonchev–Trinajstić information content (AvgIpc) is 3.22. The van der Waals surface area contributed by atoms with E-state index in [-0.39, 0.29) is 17.8 Å². The van der Waals surface area contributed by atoms with Crippen LogP contribution in [0, 0.1) is 0 Å². The fraction of sp³-hybridized carbons (Fsp3) is 0.294. The van der Waals surface area contributed by atoms with Crippen molar-refractivity contribution < 1.29 is 23.8 Å². The van der Waals surface area contributed by atoms with Gasteiger partial charge in [-0.25, -0.2) is 4.79 Å². The molecule has 2 heterocycles. The van der Waals surface area contributed by atoms with Crippen molar-refractivity contribution in [2.24, 2.45) is 0 Å². The molecule has 26 heavy (non-hydrogen) atoms. The quantitative estimate of drug-likeness (QED) is 0.587. The zero-order chi connectivity index (χ0) is 18.7. The maximum Gasteiger partial charge on any atom is 0.408 e. The van der Waals surface area contributed by atoms with Crippen molar-refractivity contribution in [2.75, 3.05) is 25.7 Å². The molecule has 138 valence electrons. The lowest BCUT2D eigenvalue weighted by molar-refractivity contribution is -0.118. The minimum absolute atomic E-state index is 0.0814. The van der Waals surface area contributed by atoms with E-state index in [0.29, 0.717) is 17.2 Å². The van der Waals surface area contributed by atoms with Gasteiger partial charge in [-0.2, -0.15) is 0 Å². The first-order valence-electron chi connectivity index (χ1n) is 7.73. The molecule has 2 amide bonds. The molecule has 2 aliphatic heterocycles. The molecule has 3 rings (SSSR count). The highest BCUT2D eigenvalue weighted by Crippen LogP contribution is 2.50. The first-order chi connectivity index (χ1) is 12.6. The van der Waals surface area contributed by atoms with Gasteiger partial charge in [0.2, 0.25) is 0 Å². The number of alkyl carbamates (subject to hydrolysis) is 1. The molecule has 0 radical (unpaired) electrons. The Morgan fingerprint density at radius 1 is 1.38 bits per heavy atom. The van der Waals surface area contributed by atoms with Crippen LogP contribution in [0.1, 0.15) is 0 Å². The Kier molecular flexibility index (Phi) is 5.67. The fourth-order valence-corrected chi connectivity index (χ4v) is 5.35. The SMILES string of the molecule is C=CCOC(=O)NC1C(=O)N(c2ccc(OC)cc2OC)C2=CSSC21. The Labute approximate surface area is 159 Å². The van der Waals surface area contributed by atoms with Crippen molar-refractivity contribution in [3.63, 3.8) is 0 Å². The number of benzene rings is 1. The predicted molar refractivity (Wildman–Crippen MR) is 103 cm³/mol. The van der Waals surface area contributed by atoms with Gasteiger partial charge in [-0.05, 0) is 12.1 Å². The molecule has 0 aromatic heterocycles. The molecular weight excluding hydrogens is 376 g/mol. The minimum atomic E-state index is -0.717. The third-order valence-electron chi connectivity index (χ3n) is 3.90. The topological polar surface area (TPSA) is 77.1 Å². The molecule has 9 heteroatoms. The largest absolute Gasteiger partial charge is 0.497 e. The van der Waals surface area contributed by atoms with E-state index in [1.54, 1.807) is 30.2 Å². The van der Waals surface area contributed by atoms with Crippen LogP contribution in [0.25, 0.3) is 0 Å².